The molecule has 1 saturated carbocycles. The number of carboxylic acid groups (broad SMARTS) is 1. The van der Waals surface area contributed by atoms with Crippen LogP contribution in [0.1, 0.15) is 72.3 Å². The van der Waals surface area contributed by atoms with Crippen molar-refractivity contribution in [2.45, 2.75) is 76.2 Å². The zero-order chi connectivity index (χ0) is 43.4. The van der Waals surface area contributed by atoms with E-state index in [1.165, 1.54) is 24.3 Å². The average molecular weight is 834 g/mol. The van der Waals surface area contributed by atoms with Gasteiger partial charge in [-0.2, -0.15) is 22.7 Å². The molecule has 320 valence electrons. The number of carboxylic acids is 1. The van der Waals surface area contributed by atoms with Gasteiger partial charge in [0.1, 0.15) is 5.78 Å². The van der Waals surface area contributed by atoms with Crippen molar-refractivity contribution < 1.29 is 41.8 Å². The number of carbonyl (C=O) groups excluding carboxylic acids is 3. The minimum Gasteiger partial charge on any atom is -0.477 e. The number of aryl methyl sites for hydroxylation is 1. The standard InChI is InChI=1S/C44H51F4N7O5/c1-26-22-32(40(58)55(3)35-18-20-54(2)21-19-35)14-17-36(26)29-8-4-27(5-9-29)23-33(24-37(56)30-10-6-28(25-49)7-11-30)39(57)50-34-15-12-31(13-16-34)38-51-41(53-52-38)43(45,46)44(47,48)42(59)60/h4-5,8-9,12-17,22,28,30,33,35H,6-7,10-11,18-21,23-25,49H2,1-3H3,(H,50,57)(H,59,60)(H,51,52,53)/t28?,30?,33-/m1/s1. The first-order chi connectivity index (χ1) is 28.5. The Morgan fingerprint density at radius 2 is 1.57 bits per heavy atom. The third-order valence-electron chi connectivity index (χ3n) is 12.1. The SMILES string of the molecule is Cc1cc(C(=O)N(C)C2CCN(C)CC2)ccc1-c1ccc(C[C@H](CC(=O)C2CCC(CN)CC2)C(=O)Nc2ccc(-c3n[nH]c(C(F)(F)C(F)(F)C(=O)O)n3)cc2)cc1. The van der Waals surface area contributed by atoms with Gasteiger partial charge in [-0.1, -0.05) is 30.3 Å². The van der Waals surface area contributed by atoms with Gasteiger partial charge in [-0.3, -0.25) is 19.5 Å². The highest BCUT2D eigenvalue weighted by Crippen LogP contribution is 2.42. The van der Waals surface area contributed by atoms with Crippen molar-refractivity contribution in [3.8, 4) is 22.5 Å². The number of aliphatic carboxylic acids is 1. The Morgan fingerprint density at radius 3 is 2.17 bits per heavy atom. The fraction of sp³-hybridized carbons (Fsp3) is 0.455. The highest BCUT2D eigenvalue weighted by Gasteiger charge is 2.65. The number of hydrogen-bond acceptors (Lipinski definition) is 8. The summed E-state index contributed by atoms with van der Waals surface area (Å²) in [5, 5.41) is 16.7. The molecule has 0 unspecified atom stereocenters. The number of aromatic amines is 1. The largest absolute Gasteiger partial charge is 0.477 e. The van der Waals surface area contributed by atoms with E-state index < -0.39 is 41.3 Å². The van der Waals surface area contributed by atoms with E-state index in [0.717, 1.165) is 61.0 Å². The topological polar surface area (TPSA) is 175 Å². The fourth-order valence-electron chi connectivity index (χ4n) is 8.13. The molecule has 0 bridgehead atoms. The van der Waals surface area contributed by atoms with Crippen LogP contribution in [-0.4, -0.2) is 99.3 Å². The van der Waals surface area contributed by atoms with Crippen molar-refractivity contribution in [1.29, 1.82) is 0 Å². The maximum absolute atomic E-state index is 14.3. The van der Waals surface area contributed by atoms with Gasteiger partial charge in [0.15, 0.2) is 5.82 Å². The number of rotatable bonds is 15. The zero-order valence-corrected chi connectivity index (χ0v) is 33.9. The van der Waals surface area contributed by atoms with E-state index in [9.17, 15) is 36.7 Å². The normalized spacial score (nSPS) is 18.5. The van der Waals surface area contributed by atoms with Crippen LogP contribution in [0.2, 0.25) is 0 Å². The minimum atomic E-state index is -5.43. The highest BCUT2D eigenvalue weighted by atomic mass is 19.3. The molecule has 2 amide bonds. The number of benzene rings is 3. The molecule has 1 atom stereocenters. The number of nitrogens with two attached hydrogens (primary N) is 1. The van der Waals surface area contributed by atoms with Crippen LogP contribution >= 0.6 is 0 Å². The molecule has 0 spiro atoms. The Kier molecular flexibility index (Phi) is 13.5. The van der Waals surface area contributed by atoms with E-state index in [-0.39, 0.29) is 42.1 Å². The Bertz CT molecular complexity index is 2160. The summed E-state index contributed by atoms with van der Waals surface area (Å²) in [7, 11) is 3.96. The van der Waals surface area contributed by atoms with Crippen molar-refractivity contribution >= 4 is 29.3 Å². The molecule has 16 heteroatoms. The number of halogens is 4. The molecule has 3 aromatic carbocycles. The lowest BCUT2D eigenvalue weighted by atomic mass is 9.77. The zero-order valence-electron chi connectivity index (χ0n) is 33.9. The number of nitrogens with one attached hydrogen (secondary N) is 2. The van der Waals surface area contributed by atoms with Crippen LogP contribution in [0.3, 0.4) is 0 Å². The molecule has 4 aromatic rings. The quantitative estimate of drug-likeness (QED) is 0.0925. The molecule has 1 aliphatic heterocycles. The number of carbonyl (C=O) groups is 4. The predicted molar refractivity (Wildman–Crippen MR) is 217 cm³/mol. The van der Waals surface area contributed by atoms with Gasteiger partial charge < -0.3 is 26.0 Å². The monoisotopic (exact) mass is 833 g/mol. The van der Waals surface area contributed by atoms with Crippen LogP contribution in [0.5, 0.6) is 0 Å². The van der Waals surface area contributed by atoms with E-state index in [2.05, 4.69) is 27.3 Å². The van der Waals surface area contributed by atoms with E-state index in [4.69, 9.17) is 10.8 Å². The van der Waals surface area contributed by atoms with Crippen LogP contribution < -0.4 is 11.1 Å². The van der Waals surface area contributed by atoms with Gasteiger partial charge in [-0.05, 0) is 143 Å². The molecule has 2 aliphatic rings. The molecule has 60 heavy (non-hydrogen) atoms. The van der Waals surface area contributed by atoms with Crippen LogP contribution in [0.4, 0.5) is 23.2 Å². The third kappa shape index (κ3) is 9.76. The summed E-state index contributed by atoms with van der Waals surface area (Å²) in [5.41, 5.74) is 10.6. The summed E-state index contributed by atoms with van der Waals surface area (Å²) in [5.74, 6) is -16.5. The van der Waals surface area contributed by atoms with E-state index in [1.54, 1.807) is 5.10 Å². The Balaban J connectivity index is 1.15. The maximum atomic E-state index is 14.3. The predicted octanol–water partition coefficient (Wildman–Crippen LogP) is 6.95. The van der Waals surface area contributed by atoms with E-state index in [1.807, 2.05) is 61.3 Å². The van der Waals surface area contributed by atoms with Gasteiger partial charge in [0.25, 0.3) is 5.91 Å². The number of Topliss-reactive ketones (excluding diaryl/α,β-unsaturated/α-hetero) is 1. The first-order valence-electron chi connectivity index (χ1n) is 20.2. The number of hydrogen-bond donors (Lipinski definition) is 4. The number of anilines is 1. The van der Waals surface area contributed by atoms with Crippen molar-refractivity contribution in [2.24, 2.45) is 23.5 Å². The van der Waals surface area contributed by atoms with Crippen molar-refractivity contribution in [3.63, 3.8) is 0 Å². The molecule has 2 heterocycles. The molecule has 2 fully saturated rings. The number of alkyl halides is 4. The van der Waals surface area contributed by atoms with Gasteiger partial charge in [0.05, 0.1) is 0 Å². The number of aromatic nitrogens is 3. The number of likely N-dealkylation sites (tertiary alicyclic amines) is 1. The van der Waals surface area contributed by atoms with Gasteiger partial charge >= 0.3 is 17.8 Å². The number of H-pyrrole nitrogens is 1. The van der Waals surface area contributed by atoms with E-state index >= 15 is 0 Å². The number of nitrogens with zero attached hydrogens (tertiary/aromatic N) is 4. The van der Waals surface area contributed by atoms with Crippen molar-refractivity contribution in [1.82, 2.24) is 25.0 Å². The highest BCUT2D eigenvalue weighted by molar-refractivity contribution is 5.96. The van der Waals surface area contributed by atoms with Gasteiger partial charge in [-0.25, -0.2) is 9.78 Å². The minimum absolute atomic E-state index is 0.00272. The summed E-state index contributed by atoms with van der Waals surface area (Å²) < 4.78 is 56.0. The summed E-state index contributed by atoms with van der Waals surface area (Å²) >= 11 is 0. The Labute approximate surface area is 345 Å². The van der Waals surface area contributed by atoms with Crippen LogP contribution in [0.15, 0.2) is 66.7 Å². The lowest BCUT2D eigenvalue weighted by Crippen LogP contribution is -2.45. The maximum Gasteiger partial charge on any atom is 0.411 e. The van der Waals surface area contributed by atoms with Crippen LogP contribution in [0.25, 0.3) is 22.5 Å². The molecule has 6 rings (SSSR count). The number of piperidine rings is 1. The summed E-state index contributed by atoms with van der Waals surface area (Å²) in [6.07, 6.45) is 5.29. The Hall–Kier alpha value is -5.48. The molecular formula is C44H51F4N7O5. The van der Waals surface area contributed by atoms with E-state index in [0.29, 0.717) is 36.6 Å². The second-order valence-corrected chi connectivity index (χ2v) is 16.2. The first-order valence-corrected chi connectivity index (χ1v) is 20.2. The lowest BCUT2D eigenvalue weighted by molar-refractivity contribution is -0.231. The molecular weight excluding hydrogens is 783 g/mol. The smallest absolute Gasteiger partial charge is 0.411 e. The van der Waals surface area contributed by atoms with Gasteiger partial charge in [-0.15, -0.1) is 0 Å². The van der Waals surface area contributed by atoms with Crippen molar-refractivity contribution in [2.75, 3.05) is 39.0 Å². The van der Waals surface area contributed by atoms with Gasteiger partial charge in [0.2, 0.25) is 11.7 Å². The lowest BCUT2D eigenvalue weighted by Gasteiger charge is -2.35. The van der Waals surface area contributed by atoms with Gasteiger partial charge in [0, 0.05) is 48.2 Å². The number of amides is 2. The second kappa shape index (κ2) is 18.4. The molecule has 1 aliphatic carbocycles. The molecule has 12 nitrogen and oxygen atoms in total. The molecule has 0 radical (unpaired) electrons. The Morgan fingerprint density at radius 1 is 0.933 bits per heavy atom. The third-order valence-corrected chi connectivity index (χ3v) is 12.1. The summed E-state index contributed by atoms with van der Waals surface area (Å²) in [6, 6.07) is 19.3. The molecule has 1 saturated heterocycles. The summed E-state index contributed by atoms with van der Waals surface area (Å²) in [4.78, 5) is 59.2. The fourth-order valence-corrected chi connectivity index (χ4v) is 8.13. The second-order valence-electron chi connectivity index (χ2n) is 16.2. The average Bonchev–Trinajstić information content (AvgIpc) is 3.75. The first kappa shape index (κ1) is 44.1. The van der Waals surface area contributed by atoms with Crippen LogP contribution in [-0.2, 0) is 26.7 Å². The number of ketones is 1. The summed E-state index contributed by atoms with van der Waals surface area (Å²) in [6.45, 7) is 4.46. The van der Waals surface area contributed by atoms with Crippen LogP contribution in [0, 0.1) is 24.7 Å². The molecule has 5 N–H and O–H groups in total. The molecule has 1 aromatic heterocycles. The van der Waals surface area contributed by atoms with Crippen molar-refractivity contribution in [3.05, 3.63) is 89.2 Å².